The molecule has 1 aliphatic rings. The fourth-order valence-corrected chi connectivity index (χ4v) is 6.04. The molecule has 0 saturated carbocycles. The zero-order valence-electron chi connectivity index (χ0n) is 19.3. The molecule has 34 heavy (non-hydrogen) atoms. The molecule has 6 heteroatoms. The van der Waals surface area contributed by atoms with Crippen LogP contribution >= 0.6 is 11.3 Å². The van der Waals surface area contributed by atoms with E-state index in [2.05, 4.69) is 12.2 Å². The number of aromatic nitrogens is 1. The van der Waals surface area contributed by atoms with Gasteiger partial charge in [0.1, 0.15) is 5.00 Å². The summed E-state index contributed by atoms with van der Waals surface area (Å²) >= 11 is 1.51. The van der Waals surface area contributed by atoms with Gasteiger partial charge in [0.15, 0.2) is 0 Å². The second kappa shape index (κ2) is 9.39. The first-order valence-corrected chi connectivity index (χ1v) is 12.4. The van der Waals surface area contributed by atoms with E-state index in [9.17, 15) is 9.59 Å². The lowest BCUT2D eigenvalue weighted by atomic mass is 9.85. The molecule has 172 valence electrons. The predicted octanol–water partition coefficient (Wildman–Crippen LogP) is 6.52. The van der Waals surface area contributed by atoms with E-state index in [1.807, 2.05) is 60.7 Å². The van der Waals surface area contributed by atoms with Gasteiger partial charge < -0.3 is 10.1 Å². The molecular weight excluding hydrogens is 444 g/mol. The molecule has 1 N–H and O–H groups in total. The summed E-state index contributed by atoms with van der Waals surface area (Å²) in [5.74, 6) is -0.0448. The number of rotatable bonds is 5. The van der Waals surface area contributed by atoms with E-state index in [1.165, 1.54) is 23.3 Å². The van der Waals surface area contributed by atoms with Crippen molar-refractivity contribution in [1.82, 2.24) is 4.98 Å². The average molecular weight is 471 g/mol. The number of benzene rings is 2. The smallest absolute Gasteiger partial charge is 0.341 e. The molecular formula is C28H26N2O3S. The van der Waals surface area contributed by atoms with Gasteiger partial charge in [0, 0.05) is 15.8 Å². The Morgan fingerprint density at radius 2 is 1.88 bits per heavy atom. The molecule has 0 radical (unpaired) electrons. The Labute approximate surface area is 202 Å². The van der Waals surface area contributed by atoms with Crippen LogP contribution in [-0.2, 0) is 17.6 Å². The Bertz CT molecular complexity index is 1380. The van der Waals surface area contributed by atoms with Crippen LogP contribution in [0.2, 0.25) is 0 Å². The molecule has 1 atom stereocenters. The second-order valence-corrected chi connectivity index (χ2v) is 9.71. The average Bonchev–Trinajstić information content (AvgIpc) is 3.24. The van der Waals surface area contributed by atoms with Gasteiger partial charge in [-0.25, -0.2) is 9.78 Å². The van der Waals surface area contributed by atoms with Crippen molar-refractivity contribution in [3.8, 4) is 11.3 Å². The Hall–Kier alpha value is -3.51. The quantitative estimate of drug-likeness (QED) is 0.337. The highest BCUT2D eigenvalue weighted by molar-refractivity contribution is 7.17. The summed E-state index contributed by atoms with van der Waals surface area (Å²) in [4.78, 5) is 32.3. The van der Waals surface area contributed by atoms with Crippen LogP contribution < -0.4 is 5.32 Å². The largest absolute Gasteiger partial charge is 0.465 e. The number of fused-ring (bicyclic) bond motifs is 2. The number of thiophene rings is 1. The summed E-state index contributed by atoms with van der Waals surface area (Å²) in [5.41, 5.74) is 4.48. The van der Waals surface area contributed by atoms with Crippen LogP contribution in [0.5, 0.6) is 0 Å². The SMILES string of the molecule is CC[C@@H]1CCc2c(sc(NC(=O)c3cc(-c4ccccc4)nc4ccccc34)c2C(=O)OC)C1. The molecule has 0 spiro atoms. The molecule has 1 aliphatic carbocycles. The first-order valence-electron chi connectivity index (χ1n) is 11.6. The van der Waals surface area contributed by atoms with E-state index >= 15 is 0 Å². The fourth-order valence-electron chi connectivity index (χ4n) is 4.70. The van der Waals surface area contributed by atoms with Crippen LogP contribution in [0.4, 0.5) is 5.00 Å². The molecule has 4 aromatic rings. The first-order chi connectivity index (χ1) is 16.6. The van der Waals surface area contributed by atoms with Crippen molar-refractivity contribution in [1.29, 1.82) is 0 Å². The standard InChI is InChI=1S/C28H26N2O3S/c1-3-17-13-14-20-24(15-17)34-27(25(20)28(32)33-2)30-26(31)21-16-23(18-9-5-4-6-10-18)29-22-12-8-7-11-19(21)22/h4-12,16-17H,3,13-15H2,1-2H3,(H,30,31)/t17-/m1/s1. The number of esters is 1. The second-order valence-electron chi connectivity index (χ2n) is 8.61. The van der Waals surface area contributed by atoms with Crippen LogP contribution in [0.25, 0.3) is 22.2 Å². The number of pyridine rings is 1. The van der Waals surface area contributed by atoms with Crippen LogP contribution in [0.15, 0.2) is 60.7 Å². The van der Waals surface area contributed by atoms with Gasteiger partial charge in [-0.15, -0.1) is 11.3 Å². The van der Waals surface area contributed by atoms with E-state index in [0.29, 0.717) is 22.0 Å². The van der Waals surface area contributed by atoms with Crippen molar-refractivity contribution >= 4 is 39.1 Å². The fraction of sp³-hybridized carbons (Fsp3) is 0.250. The van der Waals surface area contributed by atoms with Gasteiger partial charge >= 0.3 is 5.97 Å². The van der Waals surface area contributed by atoms with Gasteiger partial charge in [0.05, 0.1) is 29.4 Å². The highest BCUT2D eigenvalue weighted by Gasteiger charge is 2.30. The van der Waals surface area contributed by atoms with Gasteiger partial charge in [-0.3, -0.25) is 4.79 Å². The number of anilines is 1. The number of ether oxygens (including phenoxy) is 1. The summed E-state index contributed by atoms with van der Waals surface area (Å²) in [6.07, 6.45) is 3.93. The van der Waals surface area contributed by atoms with Crippen LogP contribution in [0.3, 0.4) is 0 Å². The van der Waals surface area contributed by atoms with Gasteiger partial charge in [0.2, 0.25) is 0 Å². The molecule has 2 aromatic carbocycles. The Kier molecular flexibility index (Phi) is 6.16. The summed E-state index contributed by atoms with van der Waals surface area (Å²) < 4.78 is 5.10. The summed E-state index contributed by atoms with van der Waals surface area (Å²) in [7, 11) is 1.39. The van der Waals surface area contributed by atoms with E-state index in [1.54, 1.807) is 0 Å². The van der Waals surface area contributed by atoms with E-state index < -0.39 is 5.97 Å². The van der Waals surface area contributed by atoms with Gasteiger partial charge in [-0.05, 0) is 42.9 Å². The number of nitrogens with zero attached hydrogens (tertiary/aromatic N) is 1. The minimum Gasteiger partial charge on any atom is -0.465 e. The highest BCUT2D eigenvalue weighted by Crippen LogP contribution is 2.41. The lowest BCUT2D eigenvalue weighted by Gasteiger charge is -2.20. The monoisotopic (exact) mass is 470 g/mol. The maximum atomic E-state index is 13.6. The van der Waals surface area contributed by atoms with Crippen molar-refractivity contribution in [2.45, 2.75) is 32.6 Å². The van der Waals surface area contributed by atoms with Crippen LogP contribution in [0, 0.1) is 5.92 Å². The molecule has 0 fully saturated rings. The highest BCUT2D eigenvalue weighted by atomic mass is 32.1. The predicted molar refractivity (Wildman–Crippen MR) is 137 cm³/mol. The molecule has 0 bridgehead atoms. The molecule has 0 aliphatic heterocycles. The number of methoxy groups -OCH3 is 1. The lowest BCUT2D eigenvalue weighted by Crippen LogP contribution is -2.17. The third-order valence-corrected chi connectivity index (χ3v) is 7.76. The Morgan fingerprint density at radius 3 is 2.65 bits per heavy atom. The van der Waals surface area contributed by atoms with Crippen LogP contribution in [-0.4, -0.2) is 24.0 Å². The number of hydrogen-bond acceptors (Lipinski definition) is 5. The zero-order valence-corrected chi connectivity index (χ0v) is 20.1. The third-order valence-electron chi connectivity index (χ3n) is 6.59. The van der Waals surface area contributed by atoms with E-state index in [-0.39, 0.29) is 5.91 Å². The van der Waals surface area contributed by atoms with Crippen molar-refractivity contribution < 1.29 is 14.3 Å². The molecule has 5 rings (SSSR count). The number of carbonyl (C=O) groups excluding carboxylic acids is 2. The lowest BCUT2D eigenvalue weighted by molar-refractivity contribution is 0.0601. The number of carbonyl (C=O) groups is 2. The number of hydrogen-bond donors (Lipinski definition) is 1. The number of amides is 1. The normalized spacial score (nSPS) is 15.1. The molecule has 0 unspecified atom stereocenters. The molecule has 5 nitrogen and oxygen atoms in total. The molecule has 2 aromatic heterocycles. The maximum absolute atomic E-state index is 13.6. The van der Waals surface area contributed by atoms with Gasteiger partial charge in [-0.2, -0.15) is 0 Å². The summed E-state index contributed by atoms with van der Waals surface area (Å²) in [5, 5.41) is 4.39. The molecule has 0 saturated heterocycles. The van der Waals surface area contributed by atoms with Gasteiger partial charge in [0.25, 0.3) is 5.91 Å². The summed E-state index contributed by atoms with van der Waals surface area (Å²) in [6, 6.07) is 19.3. The van der Waals surface area contributed by atoms with Crippen molar-refractivity contribution in [2.24, 2.45) is 5.92 Å². The van der Waals surface area contributed by atoms with Crippen molar-refractivity contribution in [3.63, 3.8) is 0 Å². The van der Waals surface area contributed by atoms with E-state index in [4.69, 9.17) is 9.72 Å². The number of nitrogens with one attached hydrogen (secondary N) is 1. The van der Waals surface area contributed by atoms with Gasteiger partial charge in [-0.1, -0.05) is 61.9 Å². The van der Waals surface area contributed by atoms with Crippen molar-refractivity contribution in [3.05, 3.63) is 82.2 Å². The van der Waals surface area contributed by atoms with Crippen molar-refractivity contribution in [2.75, 3.05) is 12.4 Å². The third kappa shape index (κ3) is 4.10. The molecule has 2 heterocycles. The number of para-hydroxylation sites is 1. The zero-order chi connectivity index (χ0) is 23.7. The minimum absolute atomic E-state index is 0.258. The Morgan fingerprint density at radius 1 is 1.12 bits per heavy atom. The summed E-state index contributed by atoms with van der Waals surface area (Å²) in [6.45, 7) is 2.20. The topological polar surface area (TPSA) is 68.3 Å². The minimum atomic E-state index is -0.396. The first kappa shape index (κ1) is 22.3. The van der Waals surface area contributed by atoms with Crippen LogP contribution in [0.1, 0.15) is 50.9 Å². The Balaban J connectivity index is 1.57. The molecule has 1 amide bonds. The maximum Gasteiger partial charge on any atom is 0.341 e. The van der Waals surface area contributed by atoms with E-state index in [0.717, 1.165) is 53.4 Å².